The summed E-state index contributed by atoms with van der Waals surface area (Å²) in [5, 5.41) is 33.9. The van der Waals surface area contributed by atoms with Crippen LogP contribution in [0.4, 0.5) is 0 Å². The third-order valence-corrected chi connectivity index (χ3v) is 4.61. The lowest BCUT2D eigenvalue weighted by molar-refractivity contribution is -0.142. The van der Waals surface area contributed by atoms with Gasteiger partial charge in [0.25, 0.3) is 0 Å². The summed E-state index contributed by atoms with van der Waals surface area (Å²) in [6.07, 6.45) is -0.599. The lowest BCUT2D eigenvalue weighted by Gasteiger charge is -2.20. The van der Waals surface area contributed by atoms with E-state index in [0.717, 1.165) is 0 Å². The number of carbonyl (C=O) groups is 5. The van der Waals surface area contributed by atoms with Gasteiger partial charge in [-0.2, -0.15) is 12.6 Å². The van der Waals surface area contributed by atoms with E-state index in [1.807, 2.05) is 0 Å². The predicted molar refractivity (Wildman–Crippen MR) is 115 cm³/mol. The van der Waals surface area contributed by atoms with Crippen LogP contribution in [0, 0.1) is 0 Å². The molecule has 0 aliphatic carbocycles. The third-order valence-electron chi connectivity index (χ3n) is 4.25. The molecule has 32 heavy (non-hydrogen) atoms. The molecule has 3 unspecified atom stereocenters. The van der Waals surface area contributed by atoms with Gasteiger partial charge in [0.1, 0.15) is 17.8 Å². The summed E-state index contributed by atoms with van der Waals surface area (Å²) in [7, 11) is 0. The summed E-state index contributed by atoms with van der Waals surface area (Å²) in [6, 6.07) is 2.43. The van der Waals surface area contributed by atoms with E-state index in [2.05, 4.69) is 28.6 Å². The highest BCUT2D eigenvalue weighted by molar-refractivity contribution is 7.80. The highest BCUT2D eigenvalue weighted by Crippen LogP contribution is 2.10. The third kappa shape index (κ3) is 9.66. The molecule has 0 spiro atoms. The fraction of sp³-hybridized carbons (Fsp3) is 0.421. The molecule has 0 radical (unpaired) electrons. The van der Waals surface area contributed by atoms with E-state index in [4.69, 9.17) is 15.9 Å². The largest absolute Gasteiger partial charge is 0.508 e. The summed E-state index contributed by atoms with van der Waals surface area (Å²) < 4.78 is 0. The second-order valence-corrected chi connectivity index (χ2v) is 7.19. The summed E-state index contributed by atoms with van der Waals surface area (Å²) >= 11 is 3.82. The minimum absolute atomic E-state index is 0.0639. The molecule has 3 atom stereocenters. The first-order chi connectivity index (χ1) is 15.0. The minimum atomic E-state index is -1.34. The first-order valence-corrected chi connectivity index (χ1v) is 10.1. The highest BCUT2D eigenvalue weighted by Gasteiger charge is 2.26. The molecule has 1 aromatic carbocycles. The zero-order chi connectivity index (χ0) is 24.3. The Morgan fingerprint density at radius 2 is 1.59 bits per heavy atom. The molecule has 0 saturated heterocycles. The number of carboxylic acids is 2. The standard InChI is InChI=1S/C19H26N4O8S/c20-12(7-10-1-3-11(24)4-2-10)17(28)21-8-15(25)22-13(5-6-16(26)27)18(29)23-14(9-32)19(30)31/h1-4,12-14,24,32H,5-9,20H2,(H,21,28)(H,22,25)(H,23,29)(H,26,27)(H,30,31). The molecule has 1 aromatic rings. The van der Waals surface area contributed by atoms with Crippen LogP contribution in [0.25, 0.3) is 0 Å². The van der Waals surface area contributed by atoms with Crippen LogP contribution in [0.2, 0.25) is 0 Å². The van der Waals surface area contributed by atoms with Crippen molar-refractivity contribution in [1.29, 1.82) is 0 Å². The minimum Gasteiger partial charge on any atom is -0.508 e. The number of benzene rings is 1. The Labute approximate surface area is 189 Å². The molecular formula is C19H26N4O8S. The van der Waals surface area contributed by atoms with Gasteiger partial charge in [-0.05, 0) is 30.5 Å². The summed E-state index contributed by atoms with van der Waals surface area (Å²) in [5.74, 6) is -5.03. The van der Waals surface area contributed by atoms with Crippen LogP contribution in [-0.2, 0) is 30.4 Å². The van der Waals surface area contributed by atoms with Crippen molar-refractivity contribution in [3.05, 3.63) is 29.8 Å². The van der Waals surface area contributed by atoms with Crippen LogP contribution in [-0.4, -0.2) is 75.4 Å². The Morgan fingerprint density at radius 1 is 0.969 bits per heavy atom. The van der Waals surface area contributed by atoms with Gasteiger partial charge in [0, 0.05) is 12.2 Å². The van der Waals surface area contributed by atoms with Crippen LogP contribution >= 0.6 is 12.6 Å². The van der Waals surface area contributed by atoms with Gasteiger partial charge in [0.05, 0.1) is 12.6 Å². The van der Waals surface area contributed by atoms with Crippen LogP contribution in [0.5, 0.6) is 5.75 Å². The lowest BCUT2D eigenvalue weighted by Crippen LogP contribution is -2.54. The Morgan fingerprint density at radius 3 is 2.12 bits per heavy atom. The fourth-order valence-electron chi connectivity index (χ4n) is 2.52. The van der Waals surface area contributed by atoms with Gasteiger partial charge >= 0.3 is 11.9 Å². The number of phenols is 1. The number of nitrogens with one attached hydrogen (secondary N) is 3. The number of aromatic hydroxyl groups is 1. The Bertz CT molecular complexity index is 833. The number of phenolic OH excluding ortho intramolecular Hbond substituents is 1. The molecule has 0 aromatic heterocycles. The fourth-order valence-corrected chi connectivity index (χ4v) is 2.76. The average Bonchev–Trinajstić information content (AvgIpc) is 2.74. The van der Waals surface area contributed by atoms with E-state index in [9.17, 15) is 29.1 Å². The van der Waals surface area contributed by atoms with Gasteiger partial charge in [0.2, 0.25) is 17.7 Å². The van der Waals surface area contributed by atoms with Crippen molar-refractivity contribution in [1.82, 2.24) is 16.0 Å². The monoisotopic (exact) mass is 470 g/mol. The highest BCUT2D eigenvalue weighted by atomic mass is 32.1. The summed E-state index contributed by atoms with van der Waals surface area (Å²) in [4.78, 5) is 58.4. The maximum Gasteiger partial charge on any atom is 0.327 e. The Hall–Kier alpha value is -3.32. The number of rotatable bonds is 13. The summed E-state index contributed by atoms with van der Waals surface area (Å²) in [6.45, 7) is -0.534. The lowest BCUT2D eigenvalue weighted by atomic mass is 10.1. The zero-order valence-electron chi connectivity index (χ0n) is 17.0. The van der Waals surface area contributed by atoms with Crippen molar-refractivity contribution in [2.24, 2.45) is 5.73 Å². The number of aliphatic carboxylic acids is 2. The number of amides is 3. The molecule has 0 aliphatic rings. The molecule has 12 nitrogen and oxygen atoms in total. The molecule has 0 heterocycles. The zero-order valence-corrected chi connectivity index (χ0v) is 17.9. The first kappa shape index (κ1) is 26.7. The molecule has 0 fully saturated rings. The van der Waals surface area contributed by atoms with Gasteiger partial charge in [0.15, 0.2) is 0 Å². The number of carbonyl (C=O) groups excluding carboxylic acids is 3. The van der Waals surface area contributed by atoms with Crippen molar-refractivity contribution in [2.75, 3.05) is 12.3 Å². The Balaban J connectivity index is 2.63. The molecule has 0 saturated carbocycles. The SMILES string of the molecule is NC(Cc1ccc(O)cc1)C(=O)NCC(=O)NC(CCC(=O)O)C(=O)NC(CS)C(=O)O. The van der Waals surface area contributed by atoms with Gasteiger partial charge in [-0.1, -0.05) is 12.1 Å². The van der Waals surface area contributed by atoms with Crippen LogP contribution < -0.4 is 21.7 Å². The Kier molecular flexibility index (Phi) is 11.0. The second kappa shape index (κ2) is 13.2. The normalized spacial score (nSPS) is 13.3. The van der Waals surface area contributed by atoms with E-state index in [-0.39, 0.29) is 24.3 Å². The quantitative estimate of drug-likeness (QED) is 0.153. The van der Waals surface area contributed by atoms with E-state index >= 15 is 0 Å². The van der Waals surface area contributed by atoms with Crippen LogP contribution in [0.3, 0.4) is 0 Å². The number of thiol groups is 1. The van der Waals surface area contributed by atoms with Gasteiger partial charge in [-0.3, -0.25) is 19.2 Å². The maximum absolute atomic E-state index is 12.3. The van der Waals surface area contributed by atoms with Crippen molar-refractivity contribution in [3.63, 3.8) is 0 Å². The molecule has 0 aliphatic heterocycles. The van der Waals surface area contributed by atoms with Gasteiger partial charge in [-0.25, -0.2) is 4.79 Å². The first-order valence-electron chi connectivity index (χ1n) is 9.49. The topological polar surface area (TPSA) is 208 Å². The van der Waals surface area contributed by atoms with Crippen molar-refractivity contribution in [2.45, 2.75) is 37.4 Å². The van der Waals surface area contributed by atoms with Gasteiger partial charge < -0.3 is 37.0 Å². The number of hydrogen-bond donors (Lipinski definition) is 8. The average molecular weight is 471 g/mol. The second-order valence-electron chi connectivity index (χ2n) is 6.83. The molecule has 176 valence electrons. The number of carboxylic acid groups (broad SMARTS) is 2. The molecule has 13 heteroatoms. The van der Waals surface area contributed by atoms with E-state index in [1.165, 1.54) is 12.1 Å². The smallest absolute Gasteiger partial charge is 0.327 e. The number of hydrogen-bond acceptors (Lipinski definition) is 8. The molecule has 3 amide bonds. The molecule has 1 rings (SSSR count). The van der Waals surface area contributed by atoms with E-state index in [1.54, 1.807) is 12.1 Å². The summed E-state index contributed by atoms with van der Waals surface area (Å²) in [5.41, 5.74) is 6.50. The van der Waals surface area contributed by atoms with Crippen molar-refractivity contribution >= 4 is 42.3 Å². The van der Waals surface area contributed by atoms with E-state index < -0.39 is 60.8 Å². The van der Waals surface area contributed by atoms with E-state index in [0.29, 0.717) is 5.56 Å². The van der Waals surface area contributed by atoms with Crippen molar-refractivity contribution in [3.8, 4) is 5.75 Å². The predicted octanol–water partition coefficient (Wildman–Crippen LogP) is -1.77. The van der Waals surface area contributed by atoms with Crippen LogP contribution in [0.15, 0.2) is 24.3 Å². The molecular weight excluding hydrogens is 444 g/mol. The van der Waals surface area contributed by atoms with Crippen molar-refractivity contribution < 1.29 is 39.3 Å². The maximum atomic E-state index is 12.3. The molecule has 0 bridgehead atoms. The number of nitrogens with two attached hydrogens (primary N) is 1. The van der Waals surface area contributed by atoms with Crippen LogP contribution in [0.1, 0.15) is 18.4 Å². The van der Waals surface area contributed by atoms with Gasteiger partial charge in [-0.15, -0.1) is 0 Å². The molecule has 8 N–H and O–H groups in total.